The van der Waals surface area contributed by atoms with Gasteiger partial charge < -0.3 is 14.4 Å². The lowest BCUT2D eigenvalue weighted by Gasteiger charge is -2.03. The number of ether oxygens (including phenoxy) is 1. The first-order valence-corrected chi connectivity index (χ1v) is 6.16. The van der Waals surface area contributed by atoms with Crippen LogP contribution in [0.2, 0.25) is 0 Å². The fraction of sp³-hybridized carbons (Fsp3) is 0.333. The molecule has 0 amide bonds. The quantitative estimate of drug-likeness (QED) is 0.392. The number of hydrogen-bond donors (Lipinski definition) is 1. The van der Waals surface area contributed by atoms with Gasteiger partial charge in [0.1, 0.15) is 5.75 Å². The van der Waals surface area contributed by atoms with E-state index in [4.69, 9.17) is 16.7 Å². The van der Waals surface area contributed by atoms with Crippen LogP contribution in [0.15, 0.2) is 24.5 Å². The average molecular weight is 269 g/mol. The molecule has 1 aromatic carbocycles. The maximum absolute atomic E-state index is 10.4. The fourth-order valence-corrected chi connectivity index (χ4v) is 1.95. The number of halogens is 1. The van der Waals surface area contributed by atoms with Crippen LogP contribution in [-0.2, 0) is 6.54 Å². The first-order valence-electron chi connectivity index (χ1n) is 5.62. The normalized spacial score (nSPS) is 10.7. The third kappa shape index (κ3) is 2.92. The number of hydrogen-bond acceptors (Lipinski definition) is 3. The van der Waals surface area contributed by atoms with Crippen LogP contribution >= 0.6 is 11.6 Å². The van der Waals surface area contributed by atoms with E-state index in [2.05, 4.69) is 9.72 Å². The number of nitrogens with zero attached hydrogens (tertiary/aromatic N) is 2. The molecule has 0 aliphatic carbocycles. The molecule has 0 aliphatic heterocycles. The van der Waals surface area contributed by atoms with E-state index < -0.39 is 6.16 Å². The molecular formula is C12H13ClN2O3. The predicted molar refractivity (Wildman–Crippen MR) is 68.3 cm³/mol. The number of carboxylic acid groups (broad SMARTS) is 1. The monoisotopic (exact) mass is 268 g/mol. The minimum Gasteiger partial charge on any atom is -0.449 e. The summed E-state index contributed by atoms with van der Waals surface area (Å²) in [7, 11) is 0. The highest BCUT2D eigenvalue weighted by molar-refractivity contribution is 6.17. The van der Waals surface area contributed by atoms with Crippen molar-refractivity contribution >= 4 is 28.8 Å². The van der Waals surface area contributed by atoms with Crippen LogP contribution in [0.4, 0.5) is 4.79 Å². The highest BCUT2D eigenvalue weighted by atomic mass is 35.5. The topological polar surface area (TPSA) is 64.3 Å². The largest absolute Gasteiger partial charge is 0.511 e. The number of rotatable bonds is 5. The van der Waals surface area contributed by atoms with Gasteiger partial charge in [0.25, 0.3) is 0 Å². The summed E-state index contributed by atoms with van der Waals surface area (Å²) in [6.45, 7) is 0.850. The van der Waals surface area contributed by atoms with E-state index in [-0.39, 0.29) is 5.75 Å². The maximum Gasteiger partial charge on any atom is 0.511 e. The van der Waals surface area contributed by atoms with Crippen molar-refractivity contribution in [2.45, 2.75) is 19.4 Å². The molecule has 0 saturated carbocycles. The van der Waals surface area contributed by atoms with Gasteiger partial charge in [0.05, 0.1) is 17.4 Å². The number of aromatic nitrogens is 2. The molecule has 2 rings (SSSR count). The summed E-state index contributed by atoms with van der Waals surface area (Å²) >= 11 is 5.63. The zero-order valence-corrected chi connectivity index (χ0v) is 10.4. The maximum atomic E-state index is 10.4. The average Bonchev–Trinajstić information content (AvgIpc) is 2.71. The van der Waals surface area contributed by atoms with E-state index in [0.29, 0.717) is 5.88 Å². The zero-order valence-electron chi connectivity index (χ0n) is 9.67. The second kappa shape index (κ2) is 5.73. The van der Waals surface area contributed by atoms with Crippen molar-refractivity contribution in [2.75, 3.05) is 5.88 Å². The highest BCUT2D eigenvalue weighted by Crippen LogP contribution is 2.20. The van der Waals surface area contributed by atoms with Crippen molar-refractivity contribution in [3.63, 3.8) is 0 Å². The van der Waals surface area contributed by atoms with Crippen molar-refractivity contribution in [1.29, 1.82) is 0 Å². The Morgan fingerprint density at radius 1 is 1.44 bits per heavy atom. The van der Waals surface area contributed by atoms with Crippen molar-refractivity contribution in [1.82, 2.24) is 9.55 Å². The number of carbonyl (C=O) groups is 1. The molecule has 96 valence electrons. The van der Waals surface area contributed by atoms with Crippen molar-refractivity contribution in [2.24, 2.45) is 0 Å². The molecular weight excluding hydrogens is 256 g/mol. The Bertz CT molecular complexity index is 553. The summed E-state index contributed by atoms with van der Waals surface area (Å²) in [5, 5.41) is 8.53. The van der Waals surface area contributed by atoms with E-state index in [1.165, 1.54) is 0 Å². The number of aryl methyl sites for hydroxylation is 1. The van der Waals surface area contributed by atoms with Gasteiger partial charge in [0, 0.05) is 18.5 Å². The Balaban J connectivity index is 2.18. The Morgan fingerprint density at radius 2 is 2.28 bits per heavy atom. The van der Waals surface area contributed by atoms with Gasteiger partial charge in [-0.1, -0.05) is 0 Å². The van der Waals surface area contributed by atoms with E-state index in [1.807, 2.05) is 4.57 Å². The molecule has 0 unspecified atom stereocenters. The first kappa shape index (κ1) is 12.7. The van der Waals surface area contributed by atoms with E-state index >= 15 is 0 Å². The third-order valence-electron chi connectivity index (χ3n) is 2.58. The summed E-state index contributed by atoms with van der Waals surface area (Å²) < 4.78 is 6.60. The Hall–Kier alpha value is -1.75. The lowest BCUT2D eigenvalue weighted by atomic mass is 10.3. The summed E-state index contributed by atoms with van der Waals surface area (Å²) in [6, 6.07) is 5.04. The Kier molecular flexibility index (Phi) is 4.04. The van der Waals surface area contributed by atoms with Crippen LogP contribution in [0.1, 0.15) is 12.8 Å². The molecule has 0 spiro atoms. The molecule has 0 atom stereocenters. The second-order valence-electron chi connectivity index (χ2n) is 3.85. The van der Waals surface area contributed by atoms with Gasteiger partial charge in [-0.25, -0.2) is 9.78 Å². The van der Waals surface area contributed by atoms with Crippen LogP contribution in [-0.4, -0.2) is 26.7 Å². The summed E-state index contributed by atoms with van der Waals surface area (Å²) in [4.78, 5) is 14.6. The highest BCUT2D eigenvalue weighted by Gasteiger charge is 2.06. The molecule has 1 heterocycles. The minimum absolute atomic E-state index is 0.279. The van der Waals surface area contributed by atoms with Crippen molar-refractivity contribution in [3.8, 4) is 5.75 Å². The molecule has 0 radical (unpaired) electrons. The molecule has 1 aromatic heterocycles. The Labute approximate surface area is 109 Å². The van der Waals surface area contributed by atoms with E-state index in [0.717, 1.165) is 30.4 Å². The van der Waals surface area contributed by atoms with Crippen LogP contribution < -0.4 is 4.74 Å². The van der Waals surface area contributed by atoms with Crippen LogP contribution in [0.25, 0.3) is 11.0 Å². The lowest BCUT2D eigenvalue weighted by Crippen LogP contribution is -2.02. The molecule has 6 heteroatoms. The van der Waals surface area contributed by atoms with Gasteiger partial charge in [0.15, 0.2) is 0 Å². The molecule has 18 heavy (non-hydrogen) atoms. The molecule has 5 nitrogen and oxygen atoms in total. The Morgan fingerprint density at radius 3 is 3.00 bits per heavy atom. The van der Waals surface area contributed by atoms with Gasteiger partial charge in [-0.15, -0.1) is 11.6 Å². The van der Waals surface area contributed by atoms with Crippen molar-refractivity contribution in [3.05, 3.63) is 24.5 Å². The third-order valence-corrected chi connectivity index (χ3v) is 2.85. The van der Waals surface area contributed by atoms with Gasteiger partial charge in [-0.2, -0.15) is 0 Å². The molecule has 1 N–H and O–H groups in total. The van der Waals surface area contributed by atoms with E-state index in [9.17, 15) is 4.79 Å². The first-order chi connectivity index (χ1) is 8.70. The smallest absolute Gasteiger partial charge is 0.449 e. The standard InChI is InChI=1S/C12H13ClN2O3/c13-5-1-2-6-15-8-14-10-7-9(18-12(16)17)3-4-11(10)15/h3-4,7-8H,1-2,5-6H2,(H,16,17). The van der Waals surface area contributed by atoms with Crippen LogP contribution in [0.5, 0.6) is 5.75 Å². The minimum atomic E-state index is -1.32. The number of fused-ring (bicyclic) bond motifs is 1. The molecule has 0 saturated heterocycles. The van der Waals surface area contributed by atoms with Crippen LogP contribution in [0, 0.1) is 0 Å². The lowest BCUT2D eigenvalue weighted by molar-refractivity contribution is 0.144. The molecule has 0 aliphatic rings. The van der Waals surface area contributed by atoms with Crippen molar-refractivity contribution < 1.29 is 14.6 Å². The summed E-state index contributed by atoms with van der Waals surface area (Å²) in [6.07, 6.45) is 2.36. The van der Waals surface area contributed by atoms with Crippen LogP contribution in [0.3, 0.4) is 0 Å². The molecule has 2 aromatic rings. The number of alkyl halides is 1. The summed E-state index contributed by atoms with van der Waals surface area (Å²) in [5.74, 6) is 0.935. The van der Waals surface area contributed by atoms with E-state index in [1.54, 1.807) is 24.5 Å². The molecule has 0 fully saturated rings. The van der Waals surface area contributed by atoms with Gasteiger partial charge >= 0.3 is 6.16 Å². The second-order valence-corrected chi connectivity index (χ2v) is 4.23. The number of imidazole rings is 1. The fourth-order valence-electron chi connectivity index (χ4n) is 1.76. The predicted octanol–water partition coefficient (Wildman–Crippen LogP) is 3.11. The number of unbranched alkanes of at least 4 members (excludes halogenated alkanes) is 1. The SMILES string of the molecule is O=C(O)Oc1ccc2c(c1)ncn2CCCCCl. The van der Waals surface area contributed by atoms with Gasteiger partial charge in [0.2, 0.25) is 0 Å². The summed E-state index contributed by atoms with van der Waals surface area (Å²) in [5.41, 5.74) is 1.68. The zero-order chi connectivity index (χ0) is 13.0. The van der Waals surface area contributed by atoms with Gasteiger partial charge in [-0.05, 0) is 25.0 Å². The van der Waals surface area contributed by atoms with Gasteiger partial charge in [-0.3, -0.25) is 0 Å². The molecule has 0 bridgehead atoms. The number of benzene rings is 1.